The number of hydrogen-bond acceptors (Lipinski definition) is 2. The van der Waals surface area contributed by atoms with E-state index in [4.69, 9.17) is 0 Å². The first-order valence-corrected chi connectivity index (χ1v) is 7.88. The van der Waals surface area contributed by atoms with Crippen LogP contribution in [0.1, 0.15) is 59.3 Å². The van der Waals surface area contributed by atoms with Crippen molar-refractivity contribution in [2.45, 2.75) is 71.7 Å². The van der Waals surface area contributed by atoms with Gasteiger partial charge in [0.15, 0.2) is 12.4 Å². The first-order valence-electron chi connectivity index (χ1n) is 7.88. The fourth-order valence-corrected chi connectivity index (χ4v) is 2.96. The summed E-state index contributed by atoms with van der Waals surface area (Å²) >= 11 is 0. The third-order valence-electron chi connectivity index (χ3n) is 4.36. The lowest BCUT2D eigenvalue weighted by Crippen LogP contribution is -2.57. The first-order chi connectivity index (χ1) is 9.17. The van der Waals surface area contributed by atoms with Gasteiger partial charge in [-0.05, 0) is 32.6 Å². The second-order valence-corrected chi connectivity index (χ2v) is 5.56. The Morgan fingerprint density at radius 1 is 1.32 bits per heavy atom. The number of hydrogen-bond donors (Lipinski definition) is 1. The molecule has 1 N–H and O–H groups in total. The lowest BCUT2D eigenvalue weighted by molar-refractivity contribution is -0.976. The number of aliphatic imine (C=N–C) groups is 1. The summed E-state index contributed by atoms with van der Waals surface area (Å²) in [6.07, 6.45) is 13.7. The molecule has 1 rings (SSSR count). The fourth-order valence-electron chi connectivity index (χ4n) is 2.96. The van der Waals surface area contributed by atoms with Gasteiger partial charge in [-0.2, -0.15) is 0 Å². The van der Waals surface area contributed by atoms with Crippen LogP contribution in [0.5, 0.6) is 0 Å². The number of rotatable bonds is 9. The topological polar surface area (TPSA) is 32.6 Å². The van der Waals surface area contributed by atoms with E-state index in [-0.39, 0.29) is 12.4 Å². The van der Waals surface area contributed by atoms with Crippen molar-refractivity contribution in [2.75, 3.05) is 13.1 Å². The monoisotopic (exact) mass is 267 g/mol. The molecule has 19 heavy (non-hydrogen) atoms. The summed E-state index contributed by atoms with van der Waals surface area (Å²) in [5.74, 6) is 0. The summed E-state index contributed by atoms with van der Waals surface area (Å²) in [6.45, 7) is 8.08. The van der Waals surface area contributed by atoms with E-state index < -0.39 is 0 Å². The van der Waals surface area contributed by atoms with Gasteiger partial charge in [0.25, 0.3) is 0 Å². The highest BCUT2D eigenvalue weighted by Gasteiger charge is 2.41. The molecule has 1 aliphatic heterocycles. The molecule has 1 heterocycles. The van der Waals surface area contributed by atoms with Crippen LogP contribution in [0, 0.1) is 0 Å². The van der Waals surface area contributed by atoms with Gasteiger partial charge in [0.05, 0.1) is 12.8 Å². The van der Waals surface area contributed by atoms with Crippen LogP contribution in [-0.2, 0) is 0 Å². The van der Waals surface area contributed by atoms with E-state index in [1.807, 2.05) is 13.1 Å². The Hall–Kier alpha value is -0.670. The highest BCUT2D eigenvalue weighted by Crippen LogP contribution is 2.26. The van der Waals surface area contributed by atoms with Crippen molar-refractivity contribution in [3.8, 4) is 0 Å². The summed E-state index contributed by atoms with van der Waals surface area (Å²) in [7, 11) is 0. The maximum atomic E-state index is 10.1. The van der Waals surface area contributed by atoms with Gasteiger partial charge < -0.3 is 5.11 Å². The SMILES string of the molecule is CC/C=C/CCCCCC1N=CC[N+]1(CC)C(C)O. The summed E-state index contributed by atoms with van der Waals surface area (Å²) < 4.78 is 0.732. The average Bonchev–Trinajstić information content (AvgIpc) is 2.82. The number of aliphatic hydroxyl groups is 1. The van der Waals surface area contributed by atoms with Crippen molar-refractivity contribution >= 4 is 6.21 Å². The van der Waals surface area contributed by atoms with E-state index in [1.165, 1.54) is 25.7 Å². The van der Waals surface area contributed by atoms with Crippen molar-refractivity contribution in [3.63, 3.8) is 0 Å². The molecule has 0 saturated carbocycles. The fraction of sp³-hybridized carbons (Fsp3) is 0.812. The normalized spacial score (nSPS) is 28.3. The Kier molecular flexibility index (Phi) is 7.32. The number of nitrogens with zero attached hydrogens (tertiary/aromatic N) is 2. The highest BCUT2D eigenvalue weighted by molar-refractivity contribution is 5.60. The van der Waals surface area contributed by atoms with Crippen LogP contribution in [-0.4, -0.2) is 41.3 Å². The maximum Gasteiger partial charge on any atom is 0.189 e. The minimum absolute atomic E-state index is 0.274. The first kappa shape index (κ1) is 16.4. The lowest BCUT2D eigenvalue weighted by Gasteiger charge is -2.40. The molecular weight excluding hydrogens is 236 g/mol. The van der Waals surface area contributed by atoms with Gasteiger partial charge >= 0.3 is 0 Å². The zero-order valence-electron chi connectivity index (χ0n) is 12.9. The van der Waals surface area contributed by atoms with Gasteiger partial charge in [0.2, 0.25) is 0 Å². The molecule has 0 aromatic rings. The van der Waals surface area contributed by atoms with Crippen LogP contribution in [0.2, 0.25) is 0 Å². The van der Waals surface area contributed by atoms with E-state index in [9.17, 15) is 5.11 Å². The minimum Gasteiger partial charge on any atom is -0.345 e. The second kappa shape index (κ2) is 8.49. The standard InChI is InChI=1S/C16H31N2O/c1-4-6-7-8-9-10-11-12-16-17-13-14-18(16,5-2)15(3)19/h6-7,13,15-16,19H,4-5,8-12,14H2,1-3H3/q+1/b7-6+. The molecule has 0 saturated heterocycles. The average molecular weight is 267 g/mol. The van der Waals surface area contributed by atoms with Crippen LogP contribution < -0.4 is 0 Å². The minimum atomic E-state index is -0.315. The largest absolute Gasteiger partial charge is 0.345 e. The van der Waals surface area contributed by atoms with Gasteiger partial charge in [0, 0.05) is 13.3 Å². The predicted octanol–water partition coefficient (Wildman–Crippen LogP) is 3.49. The van der Waals surface area contributed by atoms with Crippen molar-refractivity contribution < 1.29 is 9.59 Å². The second-order valence-electron chi connectivity index (χ2n) is 5.56. The molecule has 0 bridgehead atoms. The van der Waals surface area contributed by atoms with E-state index in [0.717, 1.165) is 30.4 Å². The smallest absolute Gasteiger partial charge is 0.189 e. The zero-order chi connectivity index (χ0) is 14.1. The summed E-state index contributed by atoms with van der Waals surface area (Å²) in [4.78, 5) is 4.60. The molecule has 3 unspecified atom stereocenters. The van der Waals surface area contributed by atoms with Crippen molar-refractivity contribution in [2.24, 2.45) is 4.99 Å². The van der Waals surface area contributed by atoms with E-state index in [0.29, 0.717) is 0 Å². The summed E-state index contributed by atoms with van der Waals surface area (Å²) in [5.41, 5.74) is 0. The van der Waals surface area contributed by atoms with Crippen molar-refractivity contribution in [1.29, 1.82) is 0 Å². The van der Waals surface area contributed by atoms with Gasteiger partial charge in [-0.3, -0.25) is 4.48 Å². The molecule has 0 aliphatic carbocycles. The molecule has 0 amide bonds. The molecule has 0 aromatic carbocycles. The Labute approximate surface area is 118 Å². The van der Waals surface area contributed by atoms with Crippen LogP contribution >= 0.6 is 0 Å². The molecule has 3 heteroatoms. The van der Waals surface area contributed by atoms with Crippen LogP contribution in [0.25, 0.3) is 0 Å². The van der Waals surface area contributed by atoms with Crippen LogP contribution in [0.4, 0.5) is 0 Å². The molecule has 110 valence electrons. The molecular formula is C16H31N2O+. The Balaban J connectivity index is 2.28. The van der Waals surface area contributed by atoms with Crippen molar-refractivity contribution in [3.05, 3.63) is 12.2 Å². The number of quaternary nitrogens is 1. The molecule has 1 aliphatic rings. The molecule has 0 spiro atoms. The zero-order valence-corrected chi connectivity index (χ0v) is 12.9. The molecule has 0 fully saturated rings. The summed E-state index contributed by atoms with van der Waals surface area (Å²) in [5, 5.41) is 10.1. The van der Waals surface area contributed by atoms with E-state index in [1.54, 1.807) is 0 Å². The maximum absolute atomic E-state index is 10.1. The lowest BCUT2D eigenvalue weighted by atomic mass is 10.1. The third kappa shape index (κ3) is 4.43. The van der Waals surface area contributed by atoms with Gasteiger partial charge in [-0.25, -0.2) is 4.99 Å². The predicted molar refractivity (Wildman–Crippen MR) is 82.1 cm³/mol. The quantitative estimate of drug-likeness (QED) is 0.387. The van der Waals surface area contributed by atoms with Crippen LogP contribution in [0.3, 0.4) is 0 Å². The van der Waals surface area contributed by atoms with Gasteiger partial charge in [-0.15, -0.1) is 0 Å². The van der Waals surface area contributed by atoms with Gasteiger partial charge in [-0.1, -0.05) is 25.5 Å². The Bertz CT molecular complexity index is 299. The number of allylic oxidation sites excluding steroid dienone is 2. The molecule has 0 aromatic heterocycles. The molecule has 0 radical (unpaired) electrons. The van der Waals surface area contributed by atoms with E-state index >= 15 is 0 Å². The number of unbranched alkanes of at least 4 members (excludes halogenated alkanes) is 3. The van der Waals surface area contributed by atoms with Gasteiger partial charge in [0.1, 0.15) is 6.54 Å². The van der Waals surface area contributed by atoms with Crippen molar-refractivity contribution in [1.82, 2.24) is 0 Å². The van der Waals surface area contributed by atoms with E-state index in [2.05, 4.69) is 31.0 Å². The highest BCUT2D eigenvalue weighted by atomic mass is 16.3. The molecule has 3 nitrogen and oxygen atoms in total. The third-order valence-corrected chi connectivity index (χ3v) is 4.36. The number of aliphatic hydroxyl groups excluding tert-OH is 1. The Morgan fingerprint density at radius 2 is 2.11 bits per heavy atom. The molecule has 3 atom stereocenters. The summed E-state index contributed by atoms with van der Waals surface area (Å²) in [6, 6.07) is 0. The Morgan fingerprint density at radius 3 is 2.74 bits per heavy atom. The van der Waals surface area contributed by atoms with Crippen LogP contribution in [0.15, 0.2) is 17.1 Å².